The van der Waals surface area contributed by atoms with Gasteiger partial charge in [0.15, 0.2) is 4.34 Å². The number of carbonyl (C=O) groups is 1. The van der Waals surface area contributed by atoms with E-state index in [2.05, 4.69) is 34.7 Å². The third-order valence-electron chi connectivity index (χ3n) is 2.43. The van der Waals surface area contributed by atoms with Crippen molar-refractivity contribution in [2.75, 3.05) is 22.9 Å². The Balaban J connectivity index is 1.80. The molecule has 0 radical (unpaired) electrons. The molecule has 0 bridgehead atoms. The summed E-state index contributed by atoms with van der Waals surface area (Å²) in [5.74, 6) is 0.614. The molecule has 0 unspecified atom stereocenters. The molecule has 0 aliphatic rings. The molecule has 0 spiro atoms. The van der Waals surface area contributed by atoms with Crippen molar-refractivity contribution < 1.29 is 4.79 Å². The van der Waals surface area contributed by atoms with Crippen molar-refractivity contribution in [3.63, 3.8) is 0 Å². The smallest absolute Gasteiger partial charge is 0.235 e. The second-order valence-corrected chi connectivity index (χ2v) is 7.88. The molecule has 0 saturated heterocycles. The summed E-state index contributed by atoms with van der Waals surface area (Å²) in [5, 5.41) is 26.0. The Labute approximate surface area is 141 Å². The fourth-order valence-electron chi connectivity index (χ4n) is 1.42. The molecule has 22 heavy (non-hydrogen) atoms. The van der Waals surface area contributed by atoms with E-state index < -0.39 is 0 Å². The molecule has 116 valence electrons. The normalized spacial score (nSPS) is 10.5. The number of anilines is 2. The third kappa shape index (κ3) is 4.98. The molecule has 0 aliphatic heterocycles. The summed E-state index contributed by atoms with van der Waals surface area (Å²) in [6.45, 7) is 5.08. The first kappa shape index (κ1) is 16.7. The molecule has 2 N–H and O–H groups in total. The monoisotopic (exact) mass is 353 g/mol. The van der Waals surface area contributed by atoms with Crippen LogP contribution in [0.4, 0.5) is 10.1 Å². The maximum Gasteiger partial charge on any atom is 0.235 e. The first-order chi connectivity index (χ1) is 10.6. The average Bonchev–Trinajstić information content (AvgIpc) is 3.11. The first-order valence-electron chi connectivity index (χ1n) is 6.56. The summed E-state index contributed by atoms with van der Waals surface area (Å²) in [6.07, 6.45) is 0. The predicted molar refractivity (Wildman–Crippen MR) is 91.6 cm³/mol. The molecule has 2 aromatic rings. The van der Waals surface area contributed by atoms with Gasteiger partial charge in [0.25, 0.3) is 0 Å². The molecular formula is C13H15N5OS3. The van der Waals surface area contributed by atoms with Crippen LogP contribution in [0.1, 0.15) is 19.4 Å². The van der Waals surface area contributed by atoms with Gasteiger partial charge in [0.1, 0.15) is 11.1 Å². The predicted octanol–water partition coefficient (Wildman–Crippen LogP) is 3.27. The SMILES string of the molecule is CC(C)CNc1nnc(SCC(=O)Nc2sccc2C#N)s1. The summed E-state index contributed by atoms with van der Waals surface area (Å²) in [6, 6.07) is 3.73. The Morgan fingerprint density at radius 3 is 3.05 bits per heavy atom. The number of hydrogen-bond acceptors (Lipinski definition) is 8. The van der Waals surface area contributed by atoms with Gasteiger partial charge in [-0.1, -0.05) is 36.9 Å². The quantitative estimate of drug-likeness (QED) is 0.742. The highest BCUT2D eigenvalue weighted by atomic mass is 32.2. The van der Waals surface area contributed by atoms with Gasteiger partial charge in [0, 0.05) is 6.54 Å². The average molecular weight is 353 g/mol. The Kier molecular flexibility index (Phi) is 6.18. The van der Waals surface area contributed by atoms with Gasteiger partial charge in [-0.2, -0.15) is 5.26 Å². The van der Waals surface area contributed by atoms with Crippen LogP contribution >= 0.6 is 34.4 Å². The molecule has 0 aromatic carbocycles. The van der Waals surface area contributed by atoms with Gasteiger partial charge in [0.2, 0.25) is 11.0 Å². The van der Waals surface area contributed by atoms with Crippen LogP contribution in [0.3, 0.4) is 0 Å². The Bertz CT molecular complexity index is 673. The van der Waals surface area contributed by atoms with Crippen molar-refractivity contribution in [3.05, 3.63) is 17.0 Å². The maximum absolute atomic E-state index is 11.9. The van der Waals surface area contributed by atoms with Crippen molar-refractivity contribution in [2.24, 2.45) is 5.92 Å². The van der Waals surface area contributed by atoms with E-state index in [0.29, 0.717) is 16.5 Å². The van der Waals surface area contributed by atoms with Gasteiger partial charge in [-0.05, 0) is 17.4 Å². The zero-order valence-electron chi connectivity index (χ0n) is 12.1. The van der Waals surface area contributed by atoms with Crippen LogP contribution in [0.2, 0.25) is 0 Å². The van der Waals surface area contributed by atoms with Gasteiger partial charge in [-0.3, -0.25) is 4.79 Å². The number of thioether (sulfide) groups is 1. The number of carbonyl (C=O) groups excluding carboxylic acids is 1. The number of aromatic nitrogens is 2. The Morgan fingerprint density at radius 1 is 1.50 bits per heavy atom. The van der Waals surface area contributed by atoms with E-state index in [1.807, 2.05) is 6.07 Å². The summed E-state index contributed by atoms with van der Waals surface area (Å²) < 4.78 is 0.744. The second-order valence-electron chi connectivity index (χ2n) is 4.76. The third-order valence-corrected chi connectivity index (χ3v) is 5.28. The minimum Gasteiger partial charge on any atom is -0.360 e. The Morgan fingerprint density at radius 2 is 2.32 bits per heavy atom. The highest BCUT2D eigenvalue weighted by molar-refractivity contribution is 8.01. The summed E-state index contributed by atoms with van der Waals surface area (Å²) >= 11 is 4.10. The van der Waals surface area contributed by atoms with Gasteiger partial charge in [-0.15, -0.1) is 21.5 Å². The lowest BCUT2D eigenvalue weighted by Crippen LogP contribution is -2.13. The van der Waals surface area contributed by atoms with E-state index in [0.717, 1.165) is 16.0 Å². The molecule has 6 nitrogen and oxygen atoms in total. The number of amides is 1. The molecule has 2 aromatic heterocycles. The highest BCUT2D eigenvalue weighted by Crippen LogP contribution is 2.26. The fourth-order valence-corrected chi connectivity index (χ4v) is 3.73. The number of nitrogens with zero attached hydrogens (tertiary/aromatic N) is 3. The lowest BCUT2D eigenvalue weighted by atomic mass is 10.2. The number of thiophene rings is 1. The lowest BCUT2D eigenvalue weighted by molar-refractivity contribution is -0.113. The zero-order valence-corrected chi connectivity index (χ0v) is 14.6. The zero-order chi connectivity index (χ0) is 15.9. The summed E-state index contributed by atoms with van der Waals surface area (Å²) in [4.78, 5) is 11.9. The largest absolute Gasteiger partial charge is 0.360 e. The molecular weight excluding hydrogens is 338 g/mol. The molecule has 9 heteroatoms. The van der Waals surface area contributed by atoms with Crippen LogP contribution in [0.5, 0.6) is 0 Å². The van der Waals surface area contributed by atoms with Crippen molar-refractivity contribution in [2.45, 2.75) is 18.2 Å². The van der Waals surface area contributed by atoms with Crippen LogP contribution < -0.4 is 10.6 Å². The van der Waals surface area contributed by atoms with Crippen LogP contribution in [-0.2, 0) is 4.79 Å². The van der Waals surface area contributed by atoms with Crippen LogP contribution in [0, 0.1) is 17.2 Å². The summed E-state index contributed by atoms with van der Waals surface area (Å²) in [5.41, 5.74) is 0.486. The van der Waals surface area contributed by atoms with Gasteiger partial charge in [0.05, 0.1) is 11.3 Å². The molecule has 0 fully saturated rings. The van der Waals surface area contributed by atoms with Crippen LogP contribution in [-0.4, -0.2) is 28.4 Å². The molecule has 1 amide bonds. The fraction of sp³-hybridized carbons (Fsp3) is 0.385. The minimum absolute atomic E-state index is 0.157. The van der Waals surface area contributed by atoms with Crippen molar-refractivity contribution in [1.29, 1.82) is 5.26 Å². The van der Waals surface area contributed by atoms with E-state index in [1.54, 1.807) is 11.4 Å². The Hall–Kier alpha value is -1.63. The van der Waals surface area contributed by atoms with E-state index in [1.165, 1.54) is 34.4 Å². The van der Waals surface area contributed by atoms with Gasteiger partial charge < -0.3 is 10.6 Å². The number of rotatable bonds is 7. The number of nitrogens with one attached hydrogen (secondary N) is 2. The van der Waals surface area contributed by atoms with Crippen molar-refractivity contribution >= 4 is 50.5 Å². The van der Waals surface area contributed by atoms with Crippen LogP contribution in [0.15, 0.2) is 15.8 Å². The van der Waals surface area contributed by atoms with Crippen molar-refractivity contribution in [1.82, 2.24) is 10.2 Å². The minimum atomic E-state index is -0.157. The second kappa shape index (κ2) is 8.12. The standard InChI is InChI=1S/C13H15N5OS3/c1-8(2)6-15-12-17-18-13(22-12)21-7-10(19)16-11-9(5-14)3-4-20-11/h3-4,8H,6-7H2,1-2H3,(H,15,17)(H,16,19). The lowest BCUT2D eigenvalue weighted by Gasteiger charge is -2.03. The summed E-state index contributed by atoms with van der Waals surface area (Å²) in [7, 11) is 0. The maximum atomic E-state index is 11.9. The van der Waals surface area contributed by atoms with Crippen molar-refractivity contribution in [3.8, 4) is 6.07 Å². The molecule has 0 atom stereocenters. The molecule has 0 aliphatic carbocycles. The molecule has 2 heterocycles. The van der Waals surface area contributed by atoms with E-state index in [9.17, 15) is 4.79 Å². The topological polar surface area (TPSA) is 90.7 Å². The molecule has 2 rings (SSSR count). The van der Waals surface area contributed by atoms with E-state index in [4.69, 9.17) is 5.26 Å². The van der Waals surface area contributed by atoms with E-state index in [-0.39, 0.29) is 11.7 Å². The van der Waals surface area contributed by atoms with Crippen LogP contribution in [0.25, 0.3) is 0 Å². The van der Waals surface area contributed by atoms with E-state index >= 15 is 0 Å². The molecule has 0 saturated carbocycles. The number of hydrogen-bond donors (Lipinski definition) is 2. The number of nitriles is 1. The first-order valence-corrected chi connectivity index (χ1v) is 9.24. The van der Waals surface area contributed by atoms with Gasteiger partial charge in [-0.25, -0.2) is 0 Å². The van der Waals surface area contributed by atoms with Gasteiger partial charge >= 0.3 is 0 Å². The highest BCUT2D eigenvalue weighted by Gasteiger charge is 2.11.